The highest BCUT2D eigenvalue weighted by atomic mass is 35.5. The third-order valence-corrected chi connectivity index (χ3v) is 3.20. The Morgan fingerprint density at radius 2 is 1.70 bits per heavy atom. The third kappa shape index (κ3) is 5.84. The highest BCUT2D eigenvalue weighted by Crippen LogP contribution is 2.15. The van der Waals surface area contributed by atoms with Crippen molar-refractivity contribution in [1.82, 2.24) is 10.9 Å². The van der Waals surface area contributed by atoms with Crippen molar-refractivity contribution in [2.45, 2.75) is 6.61 Å². The number of hydrazine groups is 1. The number of hydrogen-bond acceptors (Lipinski definition) is 3. The Kier molecular flexibility index (Phi) is 6.20. The lowest BCUT2D eigenvalue weighted by molar-refractivity contribution is -0.117. The first-order chi connectivity index (χ1) is 11.1. The fraction of sp³-hybridized carbons (Fsp3) is 0.0588. The monoisotopic (exact) mass is 330 g/mol. The number of nitrogens with one attached hydrogen (secondary N) is 2. The zero-order valence-corrected chi connectivity index (χ0v) is 12.9. The summed E-state index contributed by atoms with van der Waals surface area (Å²) >= 11 is 5.94. The molecule has 0 unspecified atom stereocenters. The quantitative estimate of drug-likeness (QED) is 0.667. The molecule has 5 nitrogen and oxygen atoms in total. The molecule has 2 aromatic rings. The Bertz CT molecular complexity index is 702. The molecular weight excluding hydrogens is 316 g/mol. The zero-order valence-electron chi connectivity index (χ0n) is 12.2. The van der Waals surface area contributed by atoms with Gasteiger partial charge in [0.1, 0.15) is 6.61 Å². The van der Waals surface area contributed by atoms with Crippen LogP contribution in [0.2, 0.25) is 5.02 Å². The van der Waals surface area contributed by atoms with Crippen molar-refractivity contribution in [2.75, 3.05) is 0 Å². The maximum atomic E-state index is 11.6. The van der Waals surface area contributed by atoms with E-state index in [9.17, 15) is 9.59 Å². The van der Waals surface area contributed by atoms with Crippen molar-refractivity contribution in [1.29, 1.82) is 0 Å². The molecule has 0 aliphatic carbocycles. The van der Waals surface area contributed by atoms with E-state index in [0.717, 1.165) is 5.56 Å². The van der Waals surface area contributed by atoms with Crippen LogP contribution < -0.4 is 10.9 Å². The normalized spacial score (nSPS) is 10.3. The van der Waals surface area contributed by atoms with E-state index in [-0.39, 0.29) is 6.61 Å². The minimum atomic E-state index is -0.772. The van der Waals surface area contributed by atoms with Gasteiger partial charge in [0.25, 0.3) is 5.91 Å². The fourth-order valence-corrected chi connectivity index (χ4v) is 1.88. The molecule has 0 saturated heterocycles. The molecule has 0 spiro atoms. The van der Waals surface area contributed by atoms with Crippen LogP contribution in [-0.4, -0.2) is 12.0 Å². The molecular formula is C17H15ClN2O3. The summed E-state index contributed by atoms with van der Waals surface area (Å²) in [6, 6.07) is 16.3. The molecule has 2 rings (SSSR count). The number of carbonyl (C=O) groups excluding carboxylic acids is 2. The molecule has 118 valence electrons. The van der Waals surface area contributed by atoms with Gasteiger partial charge in [-0.3, -0.25) is 10.2 Å². The number of benzene rings is 2. The minimum absolute atomic E-state index is 0.0151. The van der Waals surface area contributed by atoms with Crippen LogP contribution in [0.4, 0.5) is 4.79 Å². The van der Waals surface area contributed by atoms with Gasteiger partial charge < -0.3 is 4.74 Å². The molecule has 2 N–H and O–H groups in total. The predicted octanol–water partition coefficient (Wildman–Crippen LogP) is 3.31. The molecule has 0 radical (unpaired) electrons. The Morgan fingerprint density at radius 1 is 1.00 bits per heavy atom. The maximum Gasteiger partial charge on any atom is 0.426 e. The summed E-state index contributed by atoms with van der Waals surface area (Å²) in [5.41, 5.74) is 5.93. The highest BCUT2D eigenvalue weighted by Gasteiger charge is 2.05. The van der Waals surface area contributed by atoms with Crippen LogP contribution in [-0.2, 0) is 16.1 Å². The summed E-state index contributed by atoms with van der Waals surface area (Å²) in [5, 5.41) is 0.509. The second-order valence-electron chi connectivity index (χ2n) is 4.53. The van der Waals surface area contributed by atoms with Crippen molar-refractivity contribution in [3.05, 3.63) is 76.8 Å². The Morgan fingerprint density at radius 3 is 2.43 bits per heavy atom. The third-order valence-electron chi connectivity index (χ3n) is 2.83. The molecule has 2 aromatic carbocycles. The van der Waals surface area contributed by atoms with E-state index < -0.39 is 12.0 Å². The molecule has 2 amide bonds. The van der Waals surface area contributed by atoms with Crippen LogP contribution in [0.25, 0.3) is 6.08 Å². The summed E-state index contributed by atoms with van der Waals surface area (Å²) in [4.78, 5) is 23.1. The number of rotatable bonds is 4. The molecule has 0 fully saturated rings. The average molecular weight is 331 g/mol. The maximum absolute atomic E-state index is 11.6. The summed E-state index contributed by atoms with van der Waals surface area (Å²) < 4.78 is 4.95. The van der Waals surface area contributed by atoms with Crippen LogP contribution in [0.15, 0.2) is 60.7 Å². The molecule has 0 aromatic heterocycles. The van der Waals surface area contributed by atoms with Crippen molar-refractivity contribution in [3.63, 3.8) is 0 Å². The molecule has 0 bridgehead atoms. The molecule has 0 aliphatic heterocycles. The van der Waals surface area contributed by atoms with Crippen molar-refractivity contribution in [2.24, 2.45) is 0 Å². The van der Waals surface area contributed by atoms with Gasteiger partial charge in [0.2, 0.25) is 0 Å². The van der Waals surface area contributed by atoms with E-state index in [0.29, 0.717) is 10.6 Å². The zero-order chi connectivity index (χ0) is 16.5. The number of amides is 2. The second kappa shape index (κ2) is 8.60. The van der Waals surface area contributed by atoms with Crippen molar-refractivity contribution in [3.8, 4) is 0 Å². The van der Waals surface area contributed by atoms with E-state index in [1.165, 1.54) is 6.08 Å². The summed E-state index contributed by atoms with van der Waals surface area (Å²) in [7, 11) is 0. The topological polar surface area (TPSA) is 67.4 Å². The van der Waals surface area contributed by atoms with Gasteiger partial charge >= 0.3 is 6.09 Å². The lowest BCUT2D eigenvalue weighted by atomic mass is 10.2. The van der Waals surface area contributed by atoms with Crippen LogP contribution in [0, 0.1) is 0 Å². The Hall–Kier alpha value is -2.79. The van der Waals surface area contributed by atoms with Crippen LogP contribution in [0.3, 0.4) is 0 Å². The smallest absolute Gasteiger partial charge is 0.426 e. The fourth-order valence-electron chi connectivity index (χ4n) is 1.69. The number of halogens is 1. The first-order valence-corrected chi connectivity index (χ1v) is 7.22. The molecule has 6 heteroatoms. The lowest BCUT2D eigenvalue weighted by Crippen LogP contribution is -2.41. The Balaban J connectivity index is 1.73. The van der Waals surface area contributed by atoms with Gasteiger partial charge in [0.05, 0.1) is 0 Å². The van der Waals surface area contributed by atoms with Crippen LogP contribution in [0.5, 0.6) is 0 Å². The van der Waals surface area contributed by atoms with Gasteiger partial charge in [0, 0.05) is 16.7 Å². The largest absolute Gasteiger partial charge is 0.443 e. The summed E-state index contributed by atoms with van der Waals surface area (Å²) in [6.07, 6.45) is 2.17. The van der Waals surface area contributed by atoms with Gasteiger partial charge in [-0.15, -0.1) is 0 Å². The van der Waals surface area contributed by atoms with Crippen LogP contribution in [0.1, 0.15) is 11.1 Å². The number of carbonyl (C=O) groups is 2. The van der Waals surface area contributed by atoms with Gasteiger partial charge in [0.15, 0.2) is 0 Å². The molecule has 0 heterocycles. The van der Waals surface area contributed by atoms with Gasteiger partial charge in [-0.05, 0) is 17.7 Å². The van der Waals surface area contributed by atoms with Gasteiger partial charge in [-0.1, -0.05) is 60.1 Å². The van der Waals surface area contributed by atoms with E-state index in [1.807, 2.05) is 30.3 Å². The Labute approximate surface area is 138 Å². The van der Waals surface area contributed by atoms with Gasteiger partial charge in [-0.2, -0.15) is 0 Å². The standard InChI is InChI=1S/C17H15ClN2O3/c18-15-9-5-4-8-14(15)12-23-17(22)20-19-16(21)11-10-13-6-2-1-3-7-13/h1-11H,12H2,(H,19,21)(H,20,22)/b11-10+. The van der Waals surface area contributed by atoms with Crippen molar-refractivity contribution < 1.29 is 14.3 Å². The van der Waals surface area contributed by atoms with Crippen molar-refractivity contribution >= 4 is 29.7 Å². The van der Waals surface area contributed by atoms with Gasteiger partial charge in [-0.25, -0.2) is 10.2 Å². The lowest BCUT2D eigenvalue weighted by Gasteiger charge is -2.08. The minimum Gasteiger partial charge on any atom is -0.443 e. The molecule has 23 heavy (non-hydrogen) atoms. The van der Waals surface area contributed by atoms with E-state index >= 15 is 0 Å². The first-order valence-electron chi connectivity index (χ1n) is 6.84. The molecule has 0 saturated carbocycles. The first kappa shape index (κ1) is 16.6. The van der Waals surface area contributed by atoms with Crippen LogP contribution >= 0.6 is 11.6 Å². The number of hydrogen-bond donors (Lipinski definition) is 2. The summed E-state index contributed by atoms with van der Waals surface area (Å²) in [5.74, 6) is -0.469. The molecule has 0 aliphatic rings. The average Bonchev–Trinajstić information content (AvgIpc) is 2.58. The highest BCUT2D eigenvalue weighted by molar-refractivity contribution is 6.31. The molecule has 0 atom stereocenters. The van der Waals surface area contributed by atoms with E-state index in [2.05, 4.69) is 10.9 Å². The second-order valence-corrected chi connectivity index (χ2v) is 4.93. The summed E-state index contributed by atoms with van der Waals surface area (Å²) in [6.45, 7) is 0.0151. The SMILES string of the molecule is O=C(/C=C/c1ccccc1)NNC(=O)OCc1ccccc1Cl. The van der Waals surface area contributed by atoms with E-state index in [1.54, 1.807) is 30.3 Å². The van der Waals surface area contributed by atoms with E-state index in [4.69, 9.17) is 16.3 Å². The number of ether oxygens (including phenoxy) is 1. The predicted molar refractivity (Wildman–Crippen MR) is 88.4 cm³/mol.